The van der Waals surface area contributed by atoms with Crippen LogP contribution in [0.5, 0.6) is 0 Å². The van der Waals surface area contributed by atoms with Crippen molar-refractivity contribution in [2.24, 2.45) is 5.92 Å². The predicted octanol–water partition coefficient (Wildman–Crippen LogP) is 1.82. The van der Waals surface area contributed by atoms with E-state index >= 15 is 0 Å². The van der Waals surface area contributed by atoms with Gasteiger partial charge in [0.15, 0.2) is 0 Å². The van der Waals surface area contributed by atoms with Crippen LogP contribution >= 0.6 is 0 Å². The molecule has 1 saturated heterocycles. The Hall–Kier alpha value is -0.570. The summed E-state index contributed by atoms with van der Waals surface area (Å²) in [5.41, 5.74) is 0. The Balaban J connectivity index is 1.74. The maximum atomic E-state index is 12.0. The van der Waals surface area contributed by atoms with Crippen molar-refractivity contribution in [2.45, 2.75) is 64.0 Å². The van der Waals surface area contributed by atoms with Gasteiger partial charge in [-0.1, -0.05) is 19.3 Å². The Kier molecular flexibility index (Phi) is 4.22. The van der Waals surface area contributed by atoms with Gasteiger partial charge in [-0.15, -0.1) is 0 Å². The minimum Gasteiger partial charge on any atom is -0.353 e. The van der Waals surface area contributed by atoms with Gasteiger partial charge >= 0.3 is 0 Å². The van der Waals surface area contributed by atoms with Crippen LogP contribution in [-0.2, 0) is 4.79 Å². The normalized spacial score (nSPS) is 32.3. The molecule has 0 radical (unpaired) electrons. The Morgan fingerprint density at radius 2 is 1.88 bits per heavy atom. The number of carbonyl (C=O) groups is 1. The fraction of sp³-hybridized carbons (Fsp3) is 0.923. The number of piperidine rings is 1. The van der Waals surface area contributed by atoms with Crippen molar-refractivity contribution in [3.63, 3.8) is 0 Å². The minimum absolute atomic E-state index is 0.207. The van der Waals surface area contributed by atoms with Crippen molar-refractivity contribution in [1.29, 1.82) is 0 Å². The van der Waals surface area contributed by atoms with Gasteiger partial charge < -0.3 is 10.6 Å². The lowest BCUT2D eigenvalue weighted by Gasteiger charge is -2.29. The van der Waals surface area contributed by atoms with Crippen molar-refractivity contribution in [2.75, 3.05) is 6.54 Å². The van der Waals surface area contributed by atoms with E-state index in [4.69, 9.17) is 0 Å². The van der Waals surface area contributed by atoms with Gasteiger partial charge in [0.25, 0.3) is 0 Å². The molecule has 3 heteroatoms. The van der Waals surface area contributed by atoms with Crippen molar-refractivity contribution in [3.05, 3.63) is 0 Å². The highest BCUT2D eigenvalue weighted by atomic mass is 16.2. The zero-order valence-electron chi connectivity index (χ0n) is 10.3. The van der Waals surface area contributed by atoms with Crippen LogP contribution in [-0.4, -0.2) is 24.5 Å². The molecular weight excluding hydrogens is 200 g/mol. The molecule has 92 valence electrons. The Morgan fingerprint density at radius 1 is 1.12 bits per heavy atom. The van der Waals surface area contributed by atoms with E-state index in [-0.39, 0.29) is 11.8 Å². The molecule has 3 nitrogen and oxygen atoms in total. The van der Waals surface area contributed by atoms with Gasteiger partial charge in [-0.3, -0.25) is 4.79 Å². The number of nitrogens with one attached hydrogen (secondary N) is 2. The smallest absolute Gasteiger partial charge is 0.224 e. The molecule has 0 aromatic rings. The molecule has 0 unspecified atom stereocenters. The highest BCUT2D eigenvalue weighted by Gasteiger charge is 2.25. The third-order valence-corrected chi connectivity index (χ3v) is 3.98. The van der Waals surface area contributed by atoms with Crippen molar-refractivity contribution in [1.82, 2.24) is 10.6 Å². The molecule has 1 heterocycles. The molecule has 0 bridgehead atoms. The van der Waals surface area contributed by atoms with Gasteiger partial charge in [-0.05, 0) is 32.6 Å². The van der Waals surface area contributed by atoms with E-state index in [1.165, 1.54) is 32.1 Å². The van der Waals surface area contributed by atoms with Crippen molar-refractivity contribution in [3.8, 4) is 0 Å². The summed E-state index contributed by atoms with van der Waals surface area (Å²) < 4.78 is 0. The summed E-state index contributed by atoms with van der Waals surface area (Å²) in [5, 5.41) is 6.61. The summed E-state index contributed by atoms with van der Waals surface area (Å²) in [7, 11) is 0. The van der Waals surface area contributed by atoms with Gasteiger partial charge in [0.1, 0.15) is 0 Å². The topological polar surface area (TPSA) is 41.1 Å². The van der Waals surface area contributed by atoms with E-state index < -0.39 is 0 Å². The number of hydrogen-bond donors (Lipinski definition) is 2. The van der Waals surface area contributed by atoms with E-state index in [2.05, 4.69) is 17.6 Å². The first-order valence-electron chi connectivity index (χ1n) is 6.79. The molecule has 2 N–H and O–H groups in total. The first-order chi connectivity index (χ1) is 7.75. The molecule has 1 aliphatic carbocycles. The van der Waals surface area contributed by atoms with E-state index in [1.54, 1.807) is 0 Å². The first-order valence-corrected chi connectivity index (χ1v) is 6.79. The lowest BCUT2D eigenvalue weighted by atomic mass is 9.92. The van der Waals surface area contributed by atoms with Crippen molar-refractivity contribution >= 4 is 5.91 Å². The van der Waals surface area contributed by atoms with Crippen LogP contribution in [0, 0.1) is 5.92 Å². The molecule has 2 atom stereocenters. The second kappa shape index (κ2) is 5.67. The zero-order valence-corrected chi connectivity index (χ0v) is 10.3. The van der Waals surface area contributed by atoms with Crippen LogP contribution in [0.2, 0.25) is 0 Å². The summed E-state index contributed by atoms with van der Waals surface area (Å²) in [6.07, 6.45) is 8.45. The third kappa shape index (κ3) is 3.21. The molecule has 1 saturated carbocycles. The molecular formula is C13H24N2O. The standard InChI is InChI=1S/C13H24N2O/c1-10-7-8-11(9-14-10)13(16)15-12-5-3-2-4-6-12/h10-12,14H,2-9H2,1H3,(H,15,16)/t10-,11-/m0/s1. The fourth-order valence-corrected chi connectivity index (χ4v) is 2.79. The second-order valence-electron chi connectivity index (χ2n) is 5.43. The van der Waals surface area contributed by atoms with E-state index in [0.29, 0.717) is 12.1 Å². The molecule has 2 rings (SSSR count). The van der Waals surface area contributed by atoms with Gasteiger partial charge in [0.2, 0.25) is 5.91 Å². The summed E-state index contributed by atoms with van der Waals surface area (Å²) in [4.78, 5) is 12.0. The summed E-state index contributed by atoms with van der Waals surface area (Å²) in [6, 6.07) is 1.04. The zero-order chi connectivity index (χ0) is 11.4. The van der Waals surface area contributed by atoms with Crippen LogP contribution in [0.4, 0.5) is 0 Å². The monoisotopic (exact) mass is 224 g/mol. The quantitative estimate of drug-likeness (QED) is 0.751. The summed E-state index contributed by atoms with van der Waals surface area (Å²) in [6.45, 7) is 3.05. The SMILES string of the molecule is C[C@H]1CC[C@H](C(=O)NC2CCCCC2)CN1. The van der Waals surface area contributed by atoms with E-state index in [0.717, 1.165) is 19.4 Å². The van der Waals surface area contributed by atoms with Gasteiger partial charge in [-0.2, -0.15) is 0 Å². The molecule has 1 aliphatic heterocycles. The van der Waals surface area contributed by atoms with Crippen LogP contribution < -0.4 is 10.6 Å². The molecule has 16 heavy (non-hydrogen) atoms. The average Bonchev–Trinajstić information content (AvgIpc) is 2.31. The Bertz CT molecular complexity index is 228. The van der Waals surface area contributed by atoms with Gasteiger partial charge in [-0.25, -0.2) is 0 Å². The minimum atomic E-state index is 0.207. The summed E-state index contributed by atoms with van der Waals surface area (Å²) >= 11 is 0. The molecule has 1 amide bonds. The summed E-state index contributed by atoms with van der Waals surface area (Å²) in [5.74, 6) is 0.490. The number of hydrogen-bond acceptors (Lipinski definition) is 2. The van der Waals surface area contributed by atoms with Crippen LogP contribution in [0.25, 0.3) is 0 Å². The largest absolute Gasteiger partial charge is 0.353 e. The maximum Gasteiger partial charge on any atom is 0.224 e. The Morgan fingerprint density at radius 3 is 2.50 bits per heavy atom. The van der Waals surface area contributed by atoms with Crippen molar-refractivity contribution < 1.29 is 4.79 Å². The molecule has 0 aromatic heterocycles. The predicted molar refractivity (Wildman–Crippen MR) is 65.2 cm³/mol. The van der Waals surface area contributed by atoms with Crippen LogP contribution in [0.3, 0.4) is 0 Å². The van der Waals surface area contributed by atoms with E-state index in [9.17, 15) is 4.79 Å². The molecule has 2 fully saturated rings. The highest BCUT2D eigenvalue weighted by molar-refractivity contribution is 5.79. The number of rotatable bonds is 2. The highest BCUT2D eigenvalue weighted by Crippen LogP contribution is 2.19. The lowest BCUT2D eigenvalue weighted by molar-refractivity contribution is -0.126. The van der Waals surface area contributed by atoms with E-state index in [1.807, 2.05) is 0 Å². The van der Waals surface area contributed by atoms with Gasteiger partial charge in [0, 0.05) is 18.6 Å². The average molecular weight is 224 g/mol. The van der Waals surface area contributed by atoms with Crippen LogP contribution in [0.15, 0.2) is 0 Å². The molecule has 0 spiro atoms. The Labute approximate surface area is 98.4 Å². The molecule has 0 aromatic carbocycles. The van der Waals surface area contributed by atoms with Gasteiger partial charge in [0.05, 0.1) is 5.92 Å². The second-order valence-corrected chi connectivity index (χ2v) is 5.43. The first kappa shape index (κ1) is 11.9. The third-order valence-electron chi connectivity index (χ3n) is 3.98. The molecule has 2 aliphatic rings. The number of amides is 1. The lowest BCUT2D eigenvalue weighted by Crippen LogP contribution is -2.47. The fourth-order valence-electron chi connectivity index (χ4n) is 2.79. The number of carbonyl (C=O) groups excluding carboxylic acids is 1. The maximum absolute atomic E-state index is 12.0. The van der Waals surface area contributed by atoms with Crippen LogP contribution in [0.1, 0.15) is 51.9 Å².